The van der Waals surface area contributed by atoms with E-state index >= 15 is 0 Å². The van der Waals surface area contributed by atoms with Gasteiger partial charge in [-0.25, -0.2) is 4.98 Å². The van der Waals surface area contributed by atoms with Gasteiger partial charge in [0.25, 0.3) is 11.5 Å². The number of nitrogens with one attached hydrogen (secondary N) is 2. The third-order valence-electron chi connectivity index (χ3n) is 5.28. The molecule has 0 saturated heterocycles. The van der Waals surface area contributed by atoms with E-state index < -0.39 is 29.3 Å². The number of H-pyrrole nitrogens is 1. The number of carboxylic acid groups (broad SMARTS) is 1. The first-order valence-electron chi connectivity index (χ1n) is 10.8. The molecule has 3 rings (SSSR count). The number of methoxy groups -OCH3 is 2. The van der Waals surface area contributed by atoms with Crippen LogP contribution in [0, 0.1) is 0 Å². The van der Waals surface area contributed by atoms with Crippen molar-refractivity contribution in [3.8, 4) is 11.5 Å². The second-order valence-corrected chi connectivity index (χ2v) is 7.60. The van der Waals surface area contributed by atoms with Crippen LogP contribution in [0.15, 0.2) is 59.5 Å². The lowest BCUT2D eigenvalue weighted by molar-refractivity contribution is -0.137. The zero-order valence-electron chi connectivity index (χ0n) is 19.2. The summed E-state index contributed by atoms with van der Waals surface area (Å²) in [6.45, 7) is 0. The van der Waals surface area contributed by atoms with Crippen molar-refractivity contribution in [2.24, 2.45) is 0 Å². The molecule has 3 N–H and O–H groups in total. The molecule has 2 aromatic carbocycles. The Morgan fingerprint density at radius 1 is 0.943 bits per heavy atom. The van der Waals surface area contributed by atoms with Gasteiger partial charge in [-0.05, 0) is 41.8 Å². The van der Waals surface area contributed by atoms with Crippen molar-refractivity contribution in [3.63, 3.8) is 0 Å². The number of aromatic nitrogens is 2. The Labute approximate surface area is 200 Å². The molecular formula is C25H25N3O7. The number of aliphatic carboxylic acids is 1. The van der Waals surface area contributed by atoms with Gasteiger partial charge in [0.2, 0.25) is 0 Å². The van der Waals surface area contributed by atoms with Crippen LogP contribution in [0.5, 0.6) is 11.5 Å². The number of rotatable bonds is 11. The molecule has 10 nitrogen and oxygen atoms in total. The number of hydrogen-bond donors (Lipinski definition) is 3. The van der Waals surface area contributed by atoms with Crippen molar-refractivity contribution in [2.45, 2.75) is 25.3 Å². The van der Waals surface area contributed by atoms with Gasteiger partial charge in [-0.1, -0.05) is 24.3 Å². The molecule has 1 heterocycles. The SMILES string of the molecule is COc1ccc(C(NC(=O)c2cnc(C(=O)CCCC(=O)O)[nH]c2=O)c2ccc(OC)cc2)cc1. The third-order valence-corrected chi connectivity index (χ3v) is 5.28. The van der Waals surface area contributed by atoms with Crippen LogP contribution in [0.25, 0.3) is 0 Å². The highest BCUT2D eigenvalue weighted by Gasteiger charge is 2.21. The normalized spacial score (nSPS) is 10.6. The molecule has 0 aliphatic carbocycles. The minimum absolute atomic E-state index is 0.0855. The maximum atomic E-state index is 13.0. The summed E-state index contributed by atoms with van der Waals surface area (Å²) >= 11 is 0. The lowest BCUT2D eigenvalue weighted by Crippen LogP contribution is -2.34. The quantitative estimate of drug-likeness (QED) is 0.356. The maximum absolute atomic E-state index is 13.0. The molecule has 35 heavy (non-hydrogen) atoms. The fourth-order valence-corrected chi connectivity index (χ4v) is 3.38. The molecule has 0 spiro atoms. The van der Waals surface area contributed by atoms with E-state index in [4.69, 9.17) is 14.6 Å². The number of amides is 1. The second kappa shape index (κ2) is 11.6. The van der Waals surface area contributed by atoms with Crippen molar-refractivity contribution < 1.29 is 29.0 Å². The van der Waals surface area contributed by atoms with E-state index in [9.17, 15) is 19.2 Å². The van der Waals surface area contributed by atoms with E-state index in [1.165, 1.54) is 0 Å². The third kappa shape index (κ3) is 6.53. The van der Waals surface area contributed by atoms with Crippen LogP contribution in [-0.4, -0.2) is 47.0 Å². The van der Waals surface area contributed by atoms with Crippen LogP contribution in [-0.2, 0) is 4.79 Å². The van der Waals surface area contributed by atoms with E-state index in [0.717, 1.165) is 17.3 Å². The fourth-order valence-electron chi connectivity index (χ4n) is 3.38. The Bertz CT molecular complexity index is 1200. The van der Waals surface area contributed by atoms with Gasteiger partial charge in [-0.3, -0.25) is 19.2 Å². The number of carbonyl (C=O) groups excluding carboxylic acids is 2. The molecule has 0 saturated carbocycles. The molecule has 1 amide bonds. The van der Waals surface area contributed by atoms with E-state index in [1.807, 2.05) is 0 Å². The Morgan fingerprint density at radius 2 is 1.49 bits per heavy atom. The second-order valence-electron chi connectivity index (χ2n) is 7.60. The summed E-state index contributed by atoms with van der Waals surface area (Å²) in [6, 6.07) is 13.6. The van der Waals surface area contributed by atoms with Crippen molar-refractivity contribution >= 4 is 17.7 Å². The van der Waals surface area contributed by atoms with Gasteiger partial charge in [0, 0.05) is 19.0 Å². The molecule has 10 heteroatoms. The zero-order valence-corrected chi connectivity index (χ0v) is 19.2. The van der Waals surface area contributed by atoms with Gasteiger partial charge in [0.1, 0.15) is 17.1 Å². The molecule has 0 aliphatic rings. The Balaban J connectivity index is 1.84. The summed E-state index contributed by atoms with van der Waals surface area (Å²) in [5.41, 5.74) is 0.458. The lowest BCUT2D eigenvalue weighted by atomic mass is 9.98. The van der Waals surface area contributed by atoms with Crippen molar-refractivity contribution in [1.29, 1.82) is 0 Å². The monoisotopic (exact) mass is 479 g/mol. The number of aromatic amines is 1. The summed E-state index contributed by atoms with van der Waals surface area (Å²) in [6.07, 6.45) is 0.898. The Hall–Kier alpha value is -4.47. The highest BCUT2D eigenvalue weighted by Crippen LogP contribution is 2.26. The van der Waals surface area contributed by atoms with Gasteiger partial charge >= 0.3 is 5.97 Å². The number of carboxylic acids is 1. The number of ether oxygens (including phenoxy) is 2. The first-order valence-corrected chi connectivity index (χ1v) is 10.8. The minimum Gasteiger partial charge on any atom is -0.497 e. The van der Waals surface area contributed by atoms with E-state index in [-0.39, 0.29) is 30.7 Å². The number of hydrogen-bond acceptors (Lipinski definition) is 7. The highest BCUT2D eigenvalue weighted by atomic mass is 16.5. The van der Waals surface area contributed by atoms with Crippen molar-refractivity contribution in [1.82, 2.24) is 15.3 Å². The van der Waals surface area contributed by atoms with Crippen molar-refractivity contribution in [3.05, 3.63) is 87.6 Å². The topological polar surface area (TPSA) is 148 Å². The van der Waals surface area contributed by atoms with Crippen LogP contribution in [0.4, 0.5) is 0 Å². The highest BCUT2D eigenvalue weighted by molar-refractivity contribution is 5.95. The van der Waals surface area contributed by atoms with Gasteiger partial charge in [0.05, 0.1) is 20.3 Å². The summed E-state index contributed by atoms with van der Waals surface area (Å²) in [5, 5.41) is 11.5. The van der Waals surface area contributed by atoms with E-state index in [0.29, 0.717) is 11.5 Å². The van der Waals surface area contributed by atoms with Gasteiger partial charge < -0.3 is 24.9 Å². The van der Waals surface area contributed by atoms with Gasteiger partial charge in [-0.15, -0.1) is 0 Å². The number of ketones is 1. The predicted molar refractivity (Wildman–Crippen MR) is 126 cm³/mol. The van der Waals surface area contributed by atoms with Crippen LogP contribution in [0.3, 0.4) is 0 Å². The average molecular weight is 479 g/mol. The molecule has 0 fully saturated rings. The summed E-state index contributed by atoms with van der Waals surface area (Å²) in [7, 11) is 3.11. The molecule has 0 bridgehead atoms. The fraction of sp³-hybridized carbons (Fsp3) is 0.240. The smallest absolute Gasteiger partial charge is 0.303 e. The lowest BCUT2D eigenvalue weighted by Gasteiger charge is -2.20. The molecule has 0 atom stereocenters. The summed E-state index contributed by atoms with van der Waals surface area (Å²) in [5.74, 6) is -1.13. The number of benzene rings is 2. The standard InChI is InChI=1S/C25H25N3O7/c1-34-17-10-6-15(7-11-17)22(16-8-12-18(35-2)13-9-16)27-24(32)19-14-26-23(28-25(19)33)20(29)4-3-5-21(30)31/h6-14,22H,3-5H2,1-2H3,(H,27,32)(H,30,31)(H,26,28,33). The van der Waals surface area contributed by atoms with Gasteiger partial charge in [0.15, 0.2) is 11.6 Å². The van der Waals surface area contributed by atoms with Crippen molar-refractivity contribution in [2.75, 3.05) is 14.2 Å². The number of nitrogens with zero attached hydrogens (tertiary/aromatic N) is 1. The number of carbonyl (C=O) groups is 3. The molecule has 3 aromatic rings. The molecule has 0 aliphatic heterocycles. The Morgan fingerprint density at radius 3 is 1.94 bits per heavy atom. The first-order chi connectivity index (χ1) is 16.8. The number of Topliss-reactive ketones (excluding diaryl/α,β-unsaturated/α-hetero) is 1. The van der Waals surface area contributed by atoms with Crippen LogP contribution < -0.4 is 20.3 Å². The largest absolute Gasteiger partial charge is 0.497 e. The van der Waals surface area contributed by atoms with Crippen LogP contribution in [0.2, 0.25) is 0 Å². The average Bonchev–Trinajstić information content (AvgIpc) is 2.87. The zero-order chi connectivity index (χ0) is 25.4. The predicted octanol–water partition coefficient (Wildman–Crippen LogP) is 2.74. The maximum Gasteiger partial charge on any atom is 0.303 e. The molecule has 1 aromatic heterocycles. The van der Waals surface area contributed by atoms with Gasteiger partial charge in [-0.2, -0.15) is 0 Å². The van der Waals surface area contributed by atoms with Crippen LogP contribution >= 0.6 is 0 Å². The van der Waals surface area contributed by atoms with E-state index in [2.05, 4.69) is 15.3 Å². The first kappa shape index (κ1) is 25.2. The summed E-state index contributed by atoms with van der Waals surface area (Å²) < 4.78 is 10.4. The minimum atomic E-state index is -1.02. The van der Waals surface area contributed by atoms with E-state index in [1.54, 1.807) is 62.8 Å². The molecular weight excluding hydrogens is 454 g/mol. The summed E-state index contributed by atoms with van der Waals surface area (Å²) in [4.78, 5) is 54.6. The Kier molecular flexibility index (Phi) is 8.33. The molecule has 182 valence electrons. The van der Waals surface area contributed by atoms with Crippen LogP contribution in [0.1, 0.15) is 57.4 Å². The molecule has 0 unspecified atom stereocenters. The molecule has 0 radical (unpaired) electrons.